The Morgan fingerprint density at radius 1 is 1.18 bits per heavy atom. The van der Waals surface area contributed by atoms with Crippen molar-refractivity contribution in [3.05, 3.63) is 22.8 Å². The zero-order valence-electron chi connectivity index (χ0n) is 11.0. The Kier molecular flexibility index (Phi) is 3.62. The first-order valence-electron chi connectivity index (χ1n) is 6.40. The van der Waals surface area contributed by atoms with Crippen molar-refractivity contribution in [3.63, 3.8) is 0 Å². The van der Waals surface area contributed by atoms with Crippen LogP contribution in [0, 0.1) is 0 Å². The van der Waals surface area contributed by atoms with Crippen LogP contribution in [-0.2, 0) is 5.41 Å². The van der Waals surface area contributed by atoms with Gasteiger partial charge in [0.15, 0.2) is 0 Å². The van der Waals surface area contributed by atoms with Gasteiger partial charge in [0.25, 0.3) is 0 Å². The molecular formula is C14H21ClN2. The zero-order valence-corrected chi connectivity index (χ0v) is 11.7. The van der Waals surface area contributed by atoms with Gasteiger partial charge in [-0.3, -0.25) is 0 Å². The first-order valence-corrected chi connectivity index (χ1v) is 6.78. The van der Waals surface area contributed by atoms with Crippen molar-refractivity contribution >= 4 is 17.4 Å². The van der Waals surface area contributed by atoms with Gasteiger partial charge in [-0.25, -0.2) is 4.98 Å². The lowest BCUT2D eigenvalue weighted by Crippen LogP contribution is -2.31. The maximum atomic E-state index is 6.52. The number of nitrogens with zero attached hydrogens (tertiary/aromatic N) is 2. The van der Waals surface area contributed by atoms with E-state index in [2.05, 4.69) is 30.7 Å². The van der Waals surface area contributed by atoms with Crippen LogP contribution in [0.1, 0.15) is 45.6 Å². The summed E-state index contributed by atoms with van der Waals surface area (Å²) in [6.45, 7) is 8.73. The summed E-state index contributed by atoms with van der Waals surface area (Å²) in [7, 11) is 0. The van der Waals surface area contributed by atoms with E-state index in [4.69, 9.17) is 11.6 Å². The van der Waals surface area contributed by atoms with Crippen molar-refractivity contribution < 1.29 is 0 Å². The molecule has 0 amide bonds. The quantitative estimate of drug-likeness (QED) is 0.751. The third kappa shape index (κ3) is 2.74. The molecule has 1 fully saturated rings. The van der Waals surface area contributed by atoms with E-state index in [1.807, 2.05) is 12.3 Å². The van der Waals surface area contributed by atoms with Crippen molar-refractivity contribution in [3.8, 4) is 0 Å². The van der Waals surface area contributed by atoms with Crippen LogP contribution in [-0.4, -0.2) is 18.1 Å². The number of piperidine rings is 1. The van der Waals surface area contributed by atoms with E-state index in [1.165, 1.54) is 24.8 Å². The van der Waals surface area contributed by atoms with Crippen LogP contribution in [0.5, 0.6) is 0 Å². The number of rotatable bonds is 1. The maximum absolute atomic E-state index is 6.52. The fourth-order valence-corrected chi connectivity index (χ4v) is 2.85. The van der Waals surface area contributed by atoms with Crippen LogP contribution in [0.3, 0.4) is 0 Å². The number of aromatic nitrogens is 1. The number of anilines is 1. The molecule has 17 heavy (non-hydrogen) atoms. The minimum absolute atomic E-state index is 0.0740. The number of pyridine rings is 1. The molecule has 2 nitrogen and oxygen atoms in total. The van der Waals surface area contributed by atoms with Crippen LogP contribution in [0.25, 0.3) is 0 Å². The van der Waals surface area contributed by atoms with Gasteiger partial charge in [-0.2, -0.15) is 0 Å². The predicted octanol–water partition coefficient (Wildman–Crippen LogP) is 4.02. The minimum Gasteiger partial charge on any atom is -0.355 e. The highest BCUT2D eigenvalue weighted by Gasteiger charge is 2.22. The molecule has 94 valence electrons. The van der Waals surface area contributed by atoms with Crippen LogP contribution in [0.2, 0.25) is 5.02 Å². The Morgan fingerprint density at radius 2 is 1.82 bits per heavy atom. The molecule has 0 bridgehead atoms. The zero-order chi connectivity index (χ0) is 12.5. The molecule has 0 unspecified atom stereocenters. The Balaban J connectivity index is 2.35. The van der Waals surface area contributed by atoms with Gasteiger partial charge in [-0.05, 0) is 36.3 Å². The van der Waals surface area contributed by atoms with Crippen LogP contribution in [0.4, 0.5) is 5.82 Å². The summed E-state index contributed by atoms with van der Waals surface area (Å²) in [5.41, 5.74) is 1.26. The van der Waals surface area contributed by atoms with E-state index >= 15 is 0 Å². The summed E-state index contributed by atoms with van der Waals surface area (Å²) in [5, 5.41) is 0.835. The lowest BCUT2D eigenvalue weighted by molar-refractivity contribution is 0.567. The van der Waals surface area contributed by atoms with Crippen molar-refractivity contribution in [2.75, 3.05) is 18.0 Å². The molecule has 2 rings (SSSR count). The average molecular weight is 253 g/mol. The van der Waals surface area contributed by atoms with E-state index < -0.39 is 0 Å². The standard InChI is InChI=1S/C14H21ClN2/c1-14(2,3)11-7-8-16-13(12(11)15)17-9-5-4-6-10-17/h7-8H,4-6,9-10H2,1-3H3. The summed E-state index contributed by atoms with van der Waals surface area (Å²) >= 11 is 6.52. The summed E-state index contributed by atoms with van der Waals surface area (Å²) in [4.78, 5) is 6.79. The molecule has 0 N–H and O–H groups in total. The van der Waals surface area contributed by atoms with Crippen LogP contribution >= 0.6 is 11.6 Å². The van der Waals surface area contributed by atoms with Crippen molar-refractivity contribution in [1.82, 2.24) is 4.98 Å². The molecule has 1 aliphatic heterocycles. The number of hydrogen-bond donors (Lipinski definition) is 0. The van der Waals surface area contributed by atoms with Gasteiger partial charge in [-0.1, -0.05) is 32.4 Å². The second-order valence-electron chi connectivity index (χ2n) is 5.79. The molecule has 2 heterocycles. The second kappa shape index (κ2) is 4.85. The maximum Gasteiger partial charge on any atom is 0.147 e. The third-order valence-electron chi connectivity index (χ3n) is 3.33. The first kappa shape index (κ1) is 12.7. The molecular weight excluding hydrogens is 232 g/mol. The van der Waals surface area contributed by atoms with Gasteiger partial charge in [0.05, 0.1) is 5.02 Å². The molecule has 3 heteroatoms. The third-order valence-corrected chi connectivity index (χ3v) is 3.71. The highest BCUT2D eigenvalue weighted by atomic mass is 35.5. The Hall–Kier alpha value is -0.760. The van der Waals surface area contributed by atoms with Gasteiger partial charge in [0, 0.05) is 19.3 Å². The summed E-state index contributed by atoms with van der Waals surface area (Å²) in [6, 6.07) is 2.04. The molecule has 0 aromatic carbocycles. The Morgan fingerprint density at radius 3 is 2.41 bits per heavy atom. The fraction of sp³-hybridized carbons (Fsp3) is 0.643. The summed E-state index contributed by atoms with van der Waals surface area (Å²) < 4.78 is 0. The molecule has 0 saturated carbocycles. The molecule has 0 spiro atoms. The molecule has 0 radical (unpaired) electrons. The van der Waals surface area contributed by atoms with Gasteiger partial charge in [0.2, 0.25) is 0 Å². The monoisotopic (exact) mass is 252 g/mol. The van der Waals surface area contributed by atoms with E-state index in [-0.39, 0.29) is 5.41 Å². The van der Waals surface area contributed by atoms with Crippen molar-refractivity contribution in [2.45, 2.75) is 45.4 Å². The average Bonchev–Trinajstić information content (AvgIpc) is 2.29. The number of hydrogen-bond acceptors (Lipinski definition) is 2. The van der Waals surface area contributed by atoms with E-state index in [0.29, 0.717) is 0 Å². The highest BCUT2D eigenvalue weighted by Crippen LogP contribution is 2.35. The lowest BCUT2D eigenvalue weighted by Gasteiger charge is -2.30. The van der Waals surface area contributed by atoms with E-state index in [0.717, 1.165) is 23.9 Å². The largest absolute Gasteiger partial charge is 0.355 e. The first-order chi connectivity index (χ1) is 8.00. The lowest BCUT2D eigenvalue weighted by atomic mass is 9.87. The number of halogens is 1. The second-order valence-corrected chi connectivity index (χ2v) is 6.17. The Labute approximate surface area is 109 Å². The molecule has 0 aliphatic carbocycles. The fourth-order valence-electron chi connectivity index (χ4n) is 2.34. The topological polar surface area (TPSA) is 16.1 Å². The normalized spacial score (nSPS) is 17.3. The molecule has 0 atom stereocenters. The van der Waals surface area contributed by atoms with Crippen molar-refractivity contribution in [1.29, 1.82) is 0 Å². The smallest absolute Gasteiger partial charge is 0.147 e. The Bertz CT molecular complexity index is 390. The van der Waals surface area contributed by atoms with Crippen molar-refractivity contribution in [2.24, 2.45) is 0 Å². The predicted molar refractivity (Wildman–Crippen MR) is 74.0 cm³/mol. The van der Waals surface area contributed by atoms with Gasteiger partial charge in [0.1, 0.15) is 5.82 Å². The van der Waals surface area contributed by atoms with Gasteiger partial charge < -0.3 is 4.90 Å². The van der Waals surface area contributed by atoms with Crippen LogP contribution in [0.15, 0.2) is 12.3 Å². The molecule has 1 saturated heterocycles. The van der Waals surface area contributed by atoms with E-state index in [1.54, 1.807) is 0 Å². The summed E-state index contributed by atoms with van der Waals surface area (Å²) in [6.07, 6.45) is 5.71. The molecule has 1 aliphatic rings. The summed E-state index contributed by atoms with van der Waals surface area (Å²) in [5.74, 6) is 0.971. The minimum atomic E-state index is 0.0740. The SMILES string of the molecule is CC(C)(C)c1ccnc(N2CCCCC2)c1Cl. The van der Waals surface area contributed by atoms with Gasteiger partial charge >= 0.3 is 0 Å². The van der Waals surface area contributed by atoms with E-state index in [9.17, 15) is 0 Å². The molecule has 1 aromatic heterocycles. The van der Waals surface area contributed by atoms with Crippen LogP contribution < -0.4 is 4.90 Å². The van der Waals surface area contributed by atoms with Gasteiger partial charge in [-0.15, -0.1) is 0 Å². The molecule has 1 aromatic rings. The highest BCUT2D eigenvalue weighted by molar-refractivity contribution is 6.33.